The van der Waals surface area contributed by atoms with Crippen LogP contribution in [0.4, 0.5) is 0 Å². The molecule has 8 heteroatoms. The quantitative estimate of drug-likeness (QED) is 0.701. The summed E-state index contributed by atoms with van der Waals surface area (Å²) in [5.74, 6) is 1.69. The standard InChI is InChI=1S/C20H24N6O2/c1-13-11-25(19(27)10-16-14(2)21-24-20(16)28)12-18-23-22-17(26(13)18)9-8-15-6-4-3-5-7-15/h3-7,13H,8-12H2,1-2H3,(H2,21,24,28)/t13-/m0/s1. The summed E-state index contributed by atoms with van der Waals surface area (Å²) in [5.41, 5.74) is 2.23. The number of amides is 1. The summed E-state index contributed by atoms with van der Waals surface area (Å²) in [6.45, 7) is 4.87. The van der Waals surface area contributed by atoms with Crippen molar-refractivity contribution in [2.24, 2.45) is 0 Å². The van der Waals surface area contributed by atoms with E-state index >= 15 is 0 Å². The number of hydrogen-bond donors (Lipinski definition) is 2. The first kappa shape index (κ1) is 18.2. The van der Waals surface area contributed by atoms with Crippen molar-refractivity contribution in [1.29, 1.82) is 0 Å². The monoisotopic (exact) mass is 380 g/mol. The Hall–Kier alpha value is -3.16. The van der Waals surface area contributed by atoms with E-state index in [4.69, 9.17) is 0 Å². The largest absolute Gasteiger partial charge is 0.333 e. The van der Waals surface area contributed by atoms with Crippen LogP contribution >= 0.6 is 0 Å². The molecular formula is C20H24N6O2. The zero-order chi connectivity index (χ0) is 19.7. The minimum atomic E-state index is -0.234. The number of benzene rings is 1. The molecule has 0 radical (unpaired) electrons. The fraction of sp³-hybridized carbons (Fsp3) is 0.400. The Labute approximate surface area is 162 Å². The Morgan fingerprint density at radius 3 is 2.68 bits per heavy atom. The molecule has 0 aliphatic carbocycles. The fourth-order valence-electron chi connectivity index (χ4n) is 3.82. The van der Waals surface area contributed by atoms with Gasteiger partial charge in [0.25, 0.3) is 5.56 Å². The highest BCUT2D eigenvalue weighted by atomic mass is 16.2. The first-order valence-corrected chi connectivity index (χ1v) is 9.53. The molecule has 0 saturated heterocycles. The van der Waals surface area contributed by atoms with Gasteiger partial charge in [-0.15, -0.1) is 10.2 Å². The zero-order valence-electron chi connectivity index (χ0n) is 16.1. The number of aromatic nitrogens is 5. The molecule has 3 heterocycles. The second-order valence-electron chi connectivity index (χ2n) is 7.37. The van der Waals surface area contributed by atoms with Crippen LogP contribution in [0.1, 0.15) is 41.4 Å². The van der Waals surface area contributed by atoms with Crippen molar-refractivity contribution in [1.82, 2.24) is 29.9 Å². The predicted octanol–water partition coefficient (Wildman–Crippen LogP) is 1.53. The molecule has 1 atom stereocenters. The Morgan fingerprint density at radius 2 is 1.96 bits per heavy atom. The Kier molecular flexibility index (Phi) is 4.85. The molecule has 1 aromatic carbocycles. The van der Waals surface area contributed by atoms with Crippen molar-refractivity contribution >= 4 is 5.91 Å². The van der Waals surface area contributed by atoms with Crippen molar-refractivity contribution in [2.45, 2.75) is 45.7 Å². The smallest absolute Gasteiger partial charge is 0.267 e. The molecule has 3 aromatic rings. The molecule has 4 rings (SSSR count). The maximum absolute atomic E-state index is 12.7. The topological polar surface area (TPSA) is 99.7 Å². The number of nitrogens with zero attached hydrogens (tertiary/aromatic N) is 4. The van der Waals surface area contributed by atoms with Crippen LogP contribution in [0.2, 0.25) is 0 Å². The molecule has 1 aliphatic rings. The third-order valence-corrected chi connectivity index (χ3v) is 5.35. The average Bonchev–Trinajstić information content (AvgIpc) is 3.25. The predicted molar refractivity (Wildman–Crippen MR) is 104 cm³/mol. The number of carbonyl (C=O) groups is 1. The van der Waals surface area contributed by atoms with Crippen molar-refractivity contribution in [2.75, 3.05) is 6.54 Å². The highest BCUT2D eigenvalue weighted by Gasteiger charge is 2.29. The Morgan fingerprint density at radius 1 is 1.18 bits per heavy atom. The van der Waals surface area contributed by atoms with Crippen LogP contribution in [-0.2, 0) is 30.6 Å². The van der Waals surface area contributed by atoms with Crippen molar-refractivity contribution in [3.05, 3.63) is 69.2 Å². The van der Waals surface area contributed by atoms with Crippen LogP contribution in [-0.4, -0.2) is 42.3 Å². The first-order chi connectivity index (χ1) is 13.5. The van der Waals surface area contributed by atoms with Crippen LogP contribution in [0.5, 0.6) is 0 Å². The highest BCUT2D eigenvalue weighted by molar-refractivity contribution is 5.79. The lowest BCUT2D eigenvalue weighted by molar-refractivity contribution is -0.132. The van der Waals surface area contributed by atoms with Crippen molar-refractivity contribution in [3.63, 3.8) is 0 Å². The summed E-state index contributed by atoms with van der Waals surface area (Å²) in [6.07, 6.45) is 1.81. The molecule has 1 aliphatic heterocycles. The van der Waals surface area contributed by atoms with Gasteiger partial charge in [0.05, 0.1) is 19.0 Å². The van der Waals surface area contributed by atoms with E-state index in [0.717, 1.165) is 24.5 Å². The lowest BCUT2D eigenvalue weighted by atomic mass is 10.1. The Balaban J connectivity index is 1.46. The van der Waals surface area contributed by atoms with Gasteiger partial charge in [-0.05, 0) is 25.8 Å². The minimum absolute atomic E-state index is 0.0693. The van der Waals surface area contributed by atoms with E-state index in [0.29, 0.717) is 24.3 Å². The summed E-state index contributed by atoms with van der Waals surface area (Å²) < 4.78 is 2.15. The van der Waals surface area contributed by atoms with E-state index in [2.05, 4.69) is 44.0 Å². The number of carbonyl (C=O) groups excluding carboxylic acids is 1. The molecule has 2 N–H and O–H groups in total. The average molecular weight is 380 g/mol. The molecule has 2 aromatic heterocycles. The van der Waals surface area contributed by atoms with E-state index in [9.17, 15) is 9.59 Å². The second kappa shape index (κ2) is 7.46. The van der Waals surface area contributed by atoms with Crippen LogP contribution in [0.15, 0.2) is 35.1 Å². The van der Waals surface area contributed by atoms with Crippen LogP contribution in [0.25, 0.3) is 0 Å². The SMILES string of the molecule is Cc1[nH][nH]c(=O)c1CC(=O)N1Cc2nnc(CCc3ccccc3)n2[C@@H](C)C1. The molecule has 8 nitrogen and oxygen atoms in total. The lowest BCUT2D eigenvalue weighted by Gasteiger charge is -2.32. The maximum Gasteiger partial charge on any atom is 0.267 e. The number of fused-ring (bicyclic) bond motifs is 1. The van der Waals surface area contributed by atoms with Crippen LogP contribution in [0, 0.1) is 6.92 Å². The highest BCUT2D eigenvalue weighted by Crippen LogP contribution is 2.23. The third-order valence-electron chi connectivity index (χ3n) is 5.35. The summed E-state index contributed by atoms with van der Waals surface area (Å²) in [7, 11) is 0. The fourth-order valence-corrected chi connectivity index (χ4v) is 3.82. The molecule has 0 spiro atoms. The minimum Gasteiger partial charge on any atom is -0.333 e. The van der Waals surface area contributed by atoms with Gasteiger partial charge in [0.1, 0.15) is 5.82 Å². The maximum atomic E-state index is 12.7. The number of aromatic amines is 2. The van der Waals surface area contributed by atoms with Gasteiger partial charge in [0.2, 0.25) is 5.91 Å². The van der Waals surface area contributed by atoms with Gasteiger partial charge < -0.3 is 14.6 Å². The molecule has 1 amide bonds. The number of nitrogens with one attached hydrogen (secondary N) is 2. The summed E-state index contributed by atoms with van der Waals surface area (Å²) in [6, 6.07) is 10.4. The normalized spacial score (nSPS) is 16.2. The van der Waals surface area contributed by atoms with Crippen molar-refractivity contribution < 1.29 is 4.79 Å². The second-order valence-corrected chi connectivity index (χ2v) is 7.37. The molecular weight excluding hydrogens is 356 g/mol. The van der Waals surface area contributed by atoms with Crippen molar-refractivity contribution in [3.8, 4) is 0 Å². The molecule has 0 unspecified atom stereocenters. The summed E-state index contributed by atoms with van der Waals surface area (Å²) >= 11 is 0. The van der Waals surface area contributed by atoms with Gasteiger partial charge in [-0.3, -0.25) is 14.7 Å². The van der Waals surface area contributed by atoms with E-state index in [1.807, 2.05) is 18.2 Å². The number of hydrogen-bond acceptors (Lipinski definition) is 4. The molecule has 0 saturated carbocycles. The van der Waals surface area contributed by atoms with Crippen LogP contribution in [0.3, 0.4) is 0 Å². The van der Waals surface area contributed by atoms with Gasteiger partial charge >= 0.3 is 0 Å². The van der Waals surface area contributed by atoms with E-state index in [-0.39, 0.29) is 23.9 Å². The third kappa shape index (κ3) is 3.49. The van der Waals surface area contributed by atoms with E-state index in [1.54, 1.807) is 11.8 Å². The molecule has 0 bridgehead atoms. The number of H-pyrrole nitrogens is 2. The Bertz CT molecular complexity index is 1030. The van der Waals surface area contributed by atoms with Gasteiger partial charge in [-0.2, -0.15) is 0 Å². The summed E-state index contributed by atoms with van der Waals surface area (Å²) in [4.78, 5) is 26.3. The first-order valence-electron chi connectivity index (χ1n) is 9.53. The van der Waals surface area contributed by atoms with Crippen LogP contribution < -0.4 is 5.56 Å². The van der Waals surface area contributed by atoms with E-state index in [1.165, 1.54) is 5.56 Å². The molecule has 0 fully saturated rings. The van der Waals surface area contributed by atoms with Gasteiger partial charge in [-0.1, -0.05) is 30.3 Å². The molecule has 146 valence electrons. The zero-order valence-corrected chi connectivity index (χ0v) is 16.1. The lowest BCUT2D eigenvalue weighted by Crippen LogP contribution is -2.42. The van der Waals surface area contributed by atoms with Gasteiger partial charge in [0, 0.05) is 24.2 Å². The summed E-state index contributed by atoms with van der Waals surface area (Å²) in [5, 5.41) is 14.0. The van der Waals surface area contributed by atoms with Gasteiger partial charge in [-0.25, -0.2) is 0 Å². The van der Waals surface area contributed by atoms with E-state index < -0.39 is 0 Å². The van der Waals surface area contributed by atoms with Gasteiger partial charge in [0.15, 0.2) is 5.82 Å². The molecule has 28 heavy (non-hydrogen) atoms. The number of aryl methyl sites for hydroxylation is 3. The number of rotatable bonds is 5.